The molecule has 0 unspecified atom stereocenters. The summed E-state index contributed by atoms with van der Waals surface area (Å²) in [7, 11) is 0. The van der Waals surface area contributed by atoms with Crippen LogP contribution in [0.3, 0.4) is 0 Å². The van der Waals surface area contributed by atoms with Crippen molar-refractivity contribution in [3.63, 3.8) is 0 Å². The van der Waals surface area contributed by atoms with E-state index in [-0.39, 0.29) is 23.2 Å². The third kappa shape index (κ3) is 2.18. The number of rotatable bonds is 3. The fraction of sp³-hybridized carbons (Fsp3) is 0.588. The van der Waals surface area contributed by atoms with Gasteiger partial charge in [-0.15, -0.1) is 10.2 Å². The second kappa shape index (κ2) is 5.44. The molecule has 0 saturated carbocycles. The van der Waals surface area contributed by atoms with Crippen molar-refractivity contribution < 1.29 is 13.9 Å². The molecule has 0 radical (unpaired) electrons. The largest absolute Gasteiger partial charge is 0.425 e. The number of amides is 1. The Bertz CT molecular complexity index is 765. The maximum Gasteiger partial charge on any atom is 0.255 e. The van der Waals surface area contributed by atoms with E-state index < -0.39 is 0 Å². The zero-order chi connectivity index (χ0) is 16.9. The van der Waals surface area contributed by atoms with Gasteiger partial charge in [-0.05, 0) is 12.0 Å². The van der Waals surface area contributed by atoms with E-state index in [9.17, 15) is 4.79 Å². The van der Waals surface area contributed by atoms with Gasteiger partial charge in [0, 0.05) is 37.8 Å². The van der Waals surface area contributed by atoms with E-state index >= 15 is 0 Å². The average Bonchev–Trinajstić information content (AvgIpc) is 3.28. The Labute approximate surface area is 140 Å². The predicted octanol–water partition coefficient (Wildman–Crippen LogP) is 1.87. The summed E-state index contributed by atoms with van der Waals surface area (Å²) in [6.07, 6.45) is 1.83. The van der Waals surface area contributed by atoms with Gasteiger partial charge < -0.3 is 19.0 Å². The fourth-order valence-electron chi connectivity index (χ4n) is 3.91. The van der Waals surface area contributed by atoms with Crippen LogP contribution in [0.2, 0.25) is 0 Å². The molecule has 1 amide bonds. The van der Waals surface area contributed by atoms with E-state index in [0.717, 1.165) is 11.3 Å². The molecule has 128 valence electrons. The maximum absolute atomic E-state index is 13.0. The molecule has 7 heteroatoms. The smallest absolute Gasteiger partial charge is 0.255 e. The number of aromatic nitrogens is 3. The maximum atomic E-state index is 13.0. The lowest BCUT2D eigenvalue weighted by Crippen LogP contribution is -2.37. The van der Waals surface area contributed by atoms with Crippen molar-refractivity contribution >= 4 is 5.91 Å². The number of aromatic amines is 1. The van der Waals surface area contributed by atoms with Crippen molar-refractivity contribution in [2.24, 2.45) is 5.92 Å². The number of nitrogens with zero attached hydrogens (tertiary/aromatic N) is 3. The molecule has 1 N–H and O–H groups in total. The SMILES string of the molecule is Cc1nnc([C@@]23COC[C@@H]2CN(C(=O)c2cc[nH]c2C(C)C)C3)o1. The number of fused-ring (bicyclic) bond motifs is 1. The van der Waals surface area contributed by atoms with Crippen LogP contribution < -0.4 is 0 Å². The van der Waals surface area contributed by atoms with Gasteiger partial charge in [-0.2, -0.15) is 0 Å². The molecule has 2 aliphatic rings. The number of ether oxygens (including phenoxy) is 1. The highest BCUT2D eigenvalue weighted by atomic mass is 16.5. The quantitative estimate of drug-likeness (QED) is 0.929. The Kier molecular flexibility index (Phi) is 3.49. The van der Waals surface area contributed by atoms with Crippen LogP contribution >= 0.6 is 0 Å². The Morgan fingerprint density at radius 1 is 1.46 bits per heavy atom. The van der Waals surface area contributed by atoms with E-state index in [1.165, 1.54) is 0 Å². The van der Waals surface area contributed by atoms with Crippen molar-refractivity contribution in [3.05, 3.63) is 35.3 Å². The number of hydrogen-bond acceptors (Lipinski definition) is 5. The third-order valence-corrected chi connectivity index (χ3v) is 5.20. The Morgan fingerprint density at radius 2 is 2.29 bits per heavy atom. The highest BCUT2D eigenvalue weighted by Crippen LogP contribution is 2.43. The fourth-order valence-corrected chi connectivity index (χ4v) is 3.91. The van der Waals surface area contributed by atoms with E-state index in [4.69, 9.17) is 9.15 Å². The minimum Gasteiger partial charge on any atom is -0.425 e. The highest BCUT2D eigenvalue weighted by Gasteiger charge is 2.56. The molecule has 2 aliphatic heterocycles. The lowest BCUT2D eigenvalue weighted by atomic mass is 9.81. The molecule has 2 atom stereocenters. The van der Waals surface area contributed by atoms with Crippen molar-refractivity contribution in [3.8, 4) is 0 Å². The van der Waals surface area contributed by atoms with Gasteiger partial charge >= 0.3 is 0 Å². The minimum atomic E-state index is -0.370. The molecule has 0 aliphatic carbocycles. The Hall–Kier alpha value is -2.15. The zero-order valence-corrected chi connectivity index (χ0v) is 14.2. The van der Waals surface area contributed by atoms with Gasteiger partial charge in [0.1, 0.15) is 0 Å². The lowest BCUT2D eigenvalue weighted by Gasteiger charge is -2.23. The number of carbonyl (C=O) groups excluding carboxylic acids is 1. The summed E-state index contributed by atoms with van der Waals surface area (Å²) in [6, 6.07) is 1.87. The van der Waals surface area contributed by atoms with Crippen LogP contribution in [-0.2, 0) is 10.2 Å². The van der Waals surface area contributed by atoms with Crippen molar-refractivity contribution in [2.75, 3.05) is 26.3 Å². The monoisotopic (exact) mass is 330 g/mol. The molecule has 2 aromatic rings. The molecule has 4 heterocycles. The summed E-state index contributed by atoms with van der Waals surface area (Å²) in [4.78, 5) is 18.1. The Balaban J connectivity index is 1.63. The van der Waals surface area contributed by atoms with E-state index in [0.29, 0.717) is 38.1 Å². The first-order valence-electron chi connectivity index (χ1n) is 8.36. The first-order chi connectivity index (χ1) is 11.5. The number of likely N-dealkylation sites (tertiary alicyclic amines) is 1. The standard InChI is InChI=1S/C17H22N4O3/c1-10(2)14-13(4-5-18-14)15(22)21-6-12-7-23-9-17(12,8-21)16-20-19-11(3)24-16/h4-5,10,12,18H,6-9H2,1-3H3/t12-,17-/m0/s1. The predicted molar refractivity (Wildman–Crippen MR) is 85.8 cm³/mol. The molecule has 2 fully saturated rings. The molecule has 0 spiro atoms. The van der Waals surface area contributed by atoms with Crippen LogP contribution in [0.15, 0.2) is 16.7 Å². The van der Waals surface area contributed by atoms with Crippen LogP contribution in [-0.4, -0.2) is 52.3 Å². The van der Waals surface area contributed by atoms with Crippen molar-refractivity contribution in [2.45, 2.75) is 32.1 Å². The van der Waals surface area contributed by atoms with Crippen LogP contribution in [0.1, 0.15) is 47.6 Å². The molecule has 24 heavy (non-hydrogen) atoms. The van der Waals surface area contributed by atoms with Gasteiger partial charge in [0.25, 0.3) is 5.91 Å². The number of H-pyrrole nitrogens is 1. The third-order valence-electron chi connectivity index (χ3n) is 5.20. The molecule has 7 nitrogen and oxygen atoms in total. The van der Waals surface area contributed by atoms with Crippen LogP contribution in [0.25, 0.3) is 0 Å². The molecule has 2 saturated heterocycles. The number of nitrogens with one attached hydrogen (secondary N) is 1. The molecule has 0 bridgehead atoms. The summed E-state index contributed by atoms with van der Waals surface area (Å²) in [5, 5.41) is 8.19. The summed E-state index contributed by atoms with van der Waals surface area (Å²) < 4.78 is 11.4. The normalized spacial score (nSPS) is 26.3. The lowest BCUT2D eigenvalue weighted by molar-refractivity contribution is 0.0737. The van der Waals surface area contributed by atoms with Gasteiger partial charge in [-0.1, -0.05) is 13.8 Å². The van der Waals surface area contributed by atoms with Gasteiger partial charge in [-0.25, -0.2) is 0 Å². The molecule has 0 aromatic carbocycles. The van der Waals surface area contributed by atoms with E-state index in [2.05, 4.69) is 29.0 Å². The molecular formula is C17H22N4O3. The molecular weight excluding hydrogens is 308 g/mol. The van der Waals surface area contributed by atoms with Gasteiger partial charge in [0.15, 0.2) is 0 Å². The summed E-state index contributed by atoms with van der Waals surface area (Å²) in [5.74, 6) is 1.67. The summed E-state index contributed by atoms with van der Waals surface area (Å²) in [6.45, 7) is 8.30. The average molecular weight is 330 g/mol. The van der Waals surface area contributed by atoms with Crippen molar-refractivity contribution in [1.82, 2.24) is 20.1 Å². The minimum absolute atomic E-state index is 0.0602. The topological polar surface area (TPSA) is 84.3 Å². The van der Waals surface area contributed by atoms with Gasteiger partial charge in [-0.3, -0.25) is 4.79 Å². The summed E-state index contributed by atoms with van der Waals surface area (Å²) in [5.41, 5.74) is 1.37. The molecule has 4 rings (SSSR count). The van der Waals surface area contributed by atoms with Crippen molar-refractivity contribution in [1.29, 1.82) is 0 Å². The van der Waals surface area contributed by atoms with Gasteiger partial charge in [0.05, 0.1) is 24.2 Å². The van der Waals surface area contributed by atoms with Crippen LogP contribution in [0.4, 0.5) is 0 Å². The second-order valence-electron chi connectivity index (χ2n) is 7.14. The highest BCUT2D eigenvalue weighted by molar-refractivity contribution is 5.96. The first kappa shape index (κ1) is 15.4. The first-order valence-corrected chi connectivity index (χ1v) is 8.36. The summed E-state index contributed by atoms with van der Waals surface area (Å²) >= 11 is 0. The van der Waals surface area contributed by atoms with E-state index in [1.807, 2.05) is 17.2 Å². The number of carbonyl (C=O) groups is 1. The zero-order valence-electron chi connectivity index (χ0n) is 14.2. The number of hydrogen-bond donors (Lipinski definition) is 1. The van der Waals surface area contributed by atoms with Gasteiger partial charge in [0.2, 0.25) is 11.8 Å². The molecule has 2 aromatic heterocycles. The van der Waals surface area contributed by atoms with Crippen LogP contribution in [0.5, 0.6) is 0 Å². The second-order valence-corrected chi connectivity index (χ2v) is 7.14. The van der Waals surface area contributed by atoms with Crippen LogP contribution in [0, 0.1) is 12.8 Å². The van der Waals surface area contributed by atoms with E-state index in [1.54, 1.807) is 6.92 Å². The number of aryl methyl sites for hydroxylation is 1. The Morgan fingerprint density at radius 3 is 3.00 bits per heavy atom.